The number of methoxy groups -OCH3 is 1. The summed E-state index contributed by atoms with van der Waals surface area (Å²) in [4.78, 5) is 17.5. The molecule has 29 heavy (non-hydrogen) atoms. The first-order valence-corrected chi connectivity index (χ1v) is 9.17. The first-order valence-electron chi connectivity index (χ1n) is 9.17. The topological polar surface area (TPSA) is 77.0 Å². The standard InChI is InChI=1S/C23H20N2O4/c1-15-6-3-8-17(12-15)25-23-19(22(26)24-14-18-9-5-11-28-18)13-16-7-4-10-20(27-2)21(16)29-23/h3-13H,14H2,1-2H3,(H,24,26). The largest absolute Gasteiger partial charge is 0.493 e. The van der Waals surface area contributed by atoms with Gasteiger partial charge < -0.3 is 18.9 Å². The monoisotopic (exact) mass is 388 g/mol. The summed E-state index contributed by atoms with van der Waals surface area (Å²) in [5.41, 5.74) is 2.84. The van der Waals surface area contributed by atoms with Crippen LogP contribution in [0.15, 0.2) is 80.8 Å². The summed E-state index contributed by atoms with van der Waals surface area (Å²) in [5, 5.41) is 3.59. The number of carbonyl (C=O) groups excluding carboxylic acids is 1. The van der Waals surface area contributed by atoms with Crippen LogP contribution in [0.1, 0.15) is 21.7 Å². The van der Waals surface area contributed by atoms with Crippen molar-refractivity contribution in [3.8, 4) is 5.75 Å². The molecule has 2 aromatic heterocycles. The first kappa shape index (κ1) is 18.6. The summed E-state index contributed by atoms with van der Waals surface area (Å²) in [5.74, 6) is 0.932. The molecule has 0 aliphatic carbocycles. The lowest BCUT2D eigenvalue weighted by Crippen LogP contribution is -2.28. The minimum absolute atomic E-state index is 0.213. The number of ether oxygens (including phenoxy) is 1. The van der Waals surface area contributed by atoms with Gasteiger partial charge in [0, 0.05) is 5.39 Å². The number of furan rings is 1. The van der Waals surface area contributed by atoms with Crippen molar-refractivity contribution in [1.29, 1.82) is 0 Å². The van der Waals surface area contributed by atoms with E-state index < -0.39 is 0 Å². The van der Waals surface area contributed by atoms with Crippen molar-refractivity contribution in [2.24, 2.45) is 4.99 Å². The maximum atomic E-state index is 12.9. The molecule has 2 heterocycles. The van der Waals surface area contributed by atoms with E-state index in [0.29, 0.717) is 28.3 Å². The molecular weight excluding hydrogens is 368 g/mol. The summed E-state index contributed by atoms with van der Waals surface area (Å²) in [6.45, 7) is 2.25. The Bertz CT molecular complexity index is 1220. The number of benzene rings is 2. The van der Waals surface area contributed by atoms with Crippen LogP contribution in [0.4, 0.5) is 5.69 Å². The van der Waals surface area contributed by atoms with Gasteiger partial charge in [-0.2, -0.15) is 0 Å². The SMILES string of the molecule is COc1cccc2cc(C(=O)NCc3ccco3)c(=Nc3cccc(C)c3)oc12. The number of carbonyl (C=O) groups is 1. The molecule has 0 spiro atoms. The van der Waals surface area contributed by atoms with E-state index in [-0.39, 0.29) is 18.0 Å². The second-order valence-corrected chi connectivity index (χ2v) is 6.56. The van der Waals surface area contributed by atoms with Gasteiger partial charge in [0.15, 0.2) is 11.3 Å². The number of rotatable bonds is 5. The van der Waals surface area contributed by atoms with Gasteiger partial charge in [0.05, 0.1) is 25.6 Å². The van der Waals surface area contributed by atoms with E-state index in [4.69, 9.17) is 13.6 Å². The molecule has 4 aromatic rings. The van der Waals surface area contributed by atoms with Crippen LogP contribution < -0.4 is 15.6 Å². The Morgan fingerprint density at radius 1 is 1.10 bits per heavy atom. The zero-order valence-electron chi connectivity index (χ0n) is 16.1. The van der Waals surface area contributed by atoms with Crippen LogP contribution >= 0.6 is 0 Å². The van der Waals surface area contributed by atoms with Crippen molar-refractivity contribution in [3.63, 3.8) is 0 Å². The molecule has 0 radical (unpaired) electrons. The molecule has 0 atom stereocenters. The Kier molecular flexibility index (Phi) is 5.16. The van der Waals surface area contributed by atoms with Crippen molar-refractivity contribution in [2.75, 3.05) is 7.11 Å². The fourth-order valence-corrected chi connectivity index (χ4v) is 3.02. The van der Waals surface area contributed by atoms with Crippen LogP contribution in [-0.4, -0.2) is 13.0 Å². The molecule has 4 rings (SSSR count). The molecule has 0 fully saturated rings. The van der Waals surface area contributed by atoms with Crippen molar-refractivity contribution in [1.82, 2.24) is 5.32 Å². The minimum Gasteiger partial charge on any atom is -0.493 e. The Morgan fingerprint density at radius 2 is 1.97 bits per heavy atom. The average Bonchev–Trinajstić information content (AvgIpc) is 3.25. The highest BCUT2D eigenvalue weighted by atomic mass is 16.5. The van der Waals surface area contributed by atoms with Crippen LogP contribution in [-0.2, 0) is 6.54 Å². The van der Waals surface area contributed by atoms with E-state index in [1.807, 2.05) is 43.3 Å². The Labute approximate surface area is 167 Å². The lowest BCUT2D eigenvalue weighted by atomic mass is 10.1. The number of para-hydroxylation sites is 1. The molecule has 6 heteroatoms. The summed E-state index contributed by atoms with van der Waals surface area (Å²) in [6.07, 6.45) is 1.57. The summed E-state index contributed by atoms with van der Waals surface area (Å²) >= 11 is 0. The Hall–Kier alpha value is -3.80. The van der Waals surface area contributed by atoms with Crippen LogP contribution in [0.2, 0.25) is 0 Å². The predicted octanol–water partition coefficient (Wildman–Crippen LogP) is 4.51. The first-order chi connectivity index (χ1) is 14.1. The van der Waals surface area contributed by atoms with E-state index in [1.165, 1.54) is 0 Å². The minimum atomic E-state index is -0.304. The summed E-state index contributed by atoms with van der Waals surface area (Å²) < 4.78 is 16.7. The zero-order valence-corrected chi connectivity index (χ0v) is 16.1. The lowest BCUT2D eigenvalue weighted by molar-refractivity contribution is 0.0944. The van der Waals surface area contributed by atoms with Crippen LogP contribution in [0.5, 0.6) is 5.75 Å². The number of amides is 1. The van der Waals surface area contributed by atoms with Crippen LogP contribution in [0.25, 0.3) is 11.0 Å². The molecule has 0 saturated carbocycles. The molecule has 146 valence electrons. The molecular formula is C23H20N2O4. The number of fused-ring (bicyclic) bond motifs is 1. The number of aryl methyl sites for hydroxylation is 1. The average molecular weight is 388 g/mol. The van der Waals surface area contributed by atoms with Gasteiger partial charge in [-0.3, -0.25) is 4.79 Å². The normalized spacial score (nSPS) is 11.6. The quantitative estimate of drug-likeness (QED) is 0.546. The molecule has 0 unspecified atom stereocenters. The van der Waals surface area contributed by atoms with E-state index in [1.54, 1.807) is 37.6 Å². The third-order valence-electron chi connectivity index (χ3n) is 4.44. The maximum Gasteiger partial charge on any atom is 0.257 e. The van der Waals surface area contributed by atoms with E-state index in [2.05, 4.69) is 10.3 Å². The van der Waals surface area contributed by atoms with E-state index >= 15 is 0 Å². The number of hydrogen-bond acceptors (Lipinski definition) is 5. The molecule has 0 aliphatic heterocycles. The smallest absolute Gasteiger partial charge is 0.257 e. The third kappa shape index (κ3) is 4.06. The number of nitrogens with one attached hydrogen (secondary N) is 1. The van der Waals surface area contributed by atoms with Crippen molar-refractivity contribution >= 4 is 22.6 Å². The highest BCUT2D eigenvalue weighted by Gasteiger charge is 2.15. The lowest BCUT2D eigenvalue weighted by Gasteiger charge is -2.08. The van der Waals surface area contributed by atoms with Gasteiger partial charge in [-0.05, 0) is 48.9 Å². The van der Waals surface area contributed by atoms with Gasteiger partial charge in [0.25, 0.3) is 5.91 Å². The fraction of sp³-hybridized carbons (Fsp3) is 0.130. The zero-order chi connectivity index (χ0) is 20.2. The molecule has 1 amide bonds. The second kappa shape index (κ2) is 8.06. The molecule has 1 N–H and O–H groups in total. The van der Waals surface area contributed by atoms with Gasteiger partial charge in [-0.25, -0.2) is 4.99 Å². The molecule has 0 aliphatic rings. The van der Waals surface area contributed by atoms with Crippen molar-refractivity contribution in [3.05, 3.63) is 89.4 Å². The van der Waals surface area contributed by atoms with Crippen LogP contribution in [0.3, 0.4) is 0 Å². The molecule has 6 nitrogen and oxygen atoms in total. The van der Waals surface area contributed by atoms with Crippen LogP contribution in [0, 0.1) is 6.92 Å². The van der Waals surface area contributed by atoms with Gasteiger partial charge in [0.2, 0.25) is 5.55 Å². The Balaban J connectivity index is 1.83. The predicted molar refractivity (Wildman–Crippen MR) is 109 cm³/mol. The second-order valence-electron chi connectivity index (χ2n) is 6.56. The maximum absolute atomic E-state index is 12.9. The highest BCUT2D eigenvalue weighted by Crippen LogP contribution is 2.25. The van der Waals surface area contributed by atoms with Gasteiger partial charge >= 0.3 is 0 Å². The van der Waals surface area contributed by atoms with E-state index in [9.17, 15) is 4.79 Å². The summed E-state index contributed by atoms with van der Waals surface area (Å²) in [7, 11) is 1.58. The summed E-state index contributed by atoms with van der Waals surface area (Å²) in [6, 6.07) is 18.5. The molecule has 0 saturated heterocycles. The number of hydrogen-bond donors (Lipinski definition) is 1. The van der Waals surface area contributed by atoms with Gasteiger partial charge in [0.1, 0.15) is 11.3 Å². The molecule has 2 aromatic carbocycles. The van der Waals surface area contributed by atoms with Gasteiger partial charge in [-0.15, -0.1) is 0 Å². The number of nitrogens with zero attached hydrogens (tertiary/aromatic N) is 1. The van der Waals surface area contributed by atoms with Crippen molar-refractivity contribution < 1.29 is 18.4 Å². The third-order valence-corrected chi connectivity index (χ3v) is 4.44. The molecule has 0 bridgehead atoms. The van der Waals surface area contributed by atoms with Gasteiger partial charge in [-0.1, -0.05) is 24.3 Å². The highest BCUT2D eigenvalue weighted by molar-refractivity contribution is 5.97. The van der Waals surface area contributed by atoms with E-state index in [0.717, 1.165) is 10.9 Å². The Morgan fingerprint density at radius 3 is 2.72 bits per heavy atom. The van der Waals surface area contributed by atoms with Crippen molar-refractivity contribution in [2.45, 2.75) is 13.5 Å². The fourth-order valence-electron chi connectivity index (χ4n) is 3.02.